The lowest BCUT2D eigenvalue weighted by Crippen LogP contribution is -2.33. The third kappa shape index (κ3) is 3.29. The monoisotopic (exact) mass is 205 g/mol. The van der Waals surface area contributed by atoms with Crippen molar-refractivity contribution in [2.75, 3.05) is 19.6 Å². The minimum Gasteiger partial charge on any atom is -0.329 e. The Balaban J connectivity index is 1.80. The molecule has 0 saturated heterocycles. The van der Waals surface area contributed by atoms with Crippen LogP contribution in [-0.2, 0) is 6.42 Å². The molecule has 3 heteroatoms. The van der Waals surface area contributed by atoms with E-state index in [1.165, 1.54) is 18.4 Å². The highest BCUT2D eigenvalue weighted by Crippen LogP contribution is 2.26. The van der Waals surface area contributed by atoms with Crippen LogP contribution in [0.2, 0.25) is 0 Å². The van der Waals surface area contributed by atoms with Crippen LogP contribution in [0.4, 0.5) is 0 Å². The van der Waals surface area contributed by atoms with Crippen LogP contribution in [0.1, 0.15) is 18.4 Å². The first-order valence-corrected chi connectivity index (χ1v) is 5.73. The van der Waals surface area contributed by atoms with Gasteiger partial charge in [0.1, 0.15) is 0 Å². The molecule has 2 rings (SSSR count). The Bertz CT molecular complexity index is 282. The zero-order valence-corrected chi connectivity index (χ0v) is 9.10. The largest absolute Gasteiger partial charge is 0.329 e. The Kier molecular flexibility index (Phi) is 3.69. The van der Waals surface area contributed by atoms with Gasteiger partial charge in [-0.05, 0) is 37.0 Å². The van der Waals surface area contributed by atoms with Crippen molar-refractivity contribution >= 4 is 0 Å². The standard InChI is InChI=1S/C12H19N3/c13-6-10-15(12-1-2-12)9-5-11-3-7-14-8-4-11/h3-4,7-8,12H,1-2,5-6,9-10,13H2. The maximum Gasteiger partial charge on any atom is 0.0270 e. The van der Waals surface area contributed by atoms with Crippen LogP contribution in [0.3, 0.4) is 0 Å². The predicted molar refractivity (Wildman–Crippen MR) is 61.6 cm³/mol. The zero-order valence-electron chi connectivity index (χ0n) is 9.10. The Hall–Kier alpha value is -0.930. The van der Waals surface area contributed by atoms with Crippen molar-refractivity contribution in [2.45, 2.75) is 25.3 Å². The van der Waals surface area contributed by atoms with Gasteiger partial charge in [0.15, 0.2) is 0 Å². The molecule has 1 aromatic heterocycles. The molecular weight excluding hydrogens is 186 g/mol. The summed E-state index contributed by atoms with van der Waals surface area (Å²) in [5.74, 6) is 0. The maximum absolute atomic E-state index is 5.61. The molecule has 1 saturated carbocycles. The van der Waals surface area contributed by atoms with Gasteiger partial charge in [-0.15, -0.1) is 0 Å². The van der Waals surface area contributed by atoms with Crippen molar-refractivity contribution in [3.63, 3.8) is 0 Å². The van der Waals surface area contributed by atoms with Crippen LogP contribution in [0.25, 0.3) is 0 Å². The average molecular weight is 205 g/mol. The molecule has 0 amide bonds. The fourth-order valence-electron chi connectivity index (χ4n) is 1.90. The van der Waals surface area contributed by atoms with Crippen LogP contribution in [0.5, 0.6) is 0 Å². The van der Waals surface area contributed by atoms with Gasteiger partial charge in [0.2, 0.25) is 0 Å². The van der Waals surface area contributed by atoms with Gasteiger partial charge < -0.3 is 5.73 Å². The number of hydrogen-bond donors (Lipinski definition) is 1. The number of aromatic nitrogens is 1. The van der Waals surface area contributed by atoms with E-state index in [1.54, 1.807) is 0 Å². The van der Waals surface area contributed by atoms with E-state index in [0.717, 1.165) is 32.1 Å². The number of pyridine rings is 1. The number of hydrogen-bond acceptors (Lipinski definition) is 3. The molecule has 82 valence electrons. The zero-order chi connectivity index (χ0) is 10.5. The fourth-order valence-corrected chi connectivity index (χ4v) is 1.90. The molecule has 0 aliphatic heterocycles. The third-order valence-corrected chi connectivity index (χ3v) is 2.92. The van der Waals surface area contributed by atoms with Gasteiger partial charge in [-0.2, -0.15) is 0 Å². The summed E-state index contributed by atoms with van der Waals surface area (Å²) in [6.45, 7) is 2.94. The van der Waals surface area contributed by atoms with Crippen molar-refractivity contribution in [3.05, 3.63) is 30.1 Å². The summed E-state index contributed by atoms with van der Waals surface area (Å²) in [5.41, 5.74) is 6.98. The highest BCUT2D eigenvalue weighted by atomic mass is 15.2. The molecule has 0 unspecified atom stereocenters. The minimum absolute atomic E-state index is 0.771. The van der Waals surface area contributed by atoms with Crippen LogP contribution >= 0.6 is 0 Å². The van der Waals surface area contributed by atoms with Crippen molar-refractivity contribution in [2.24, 2.45) is 5.73 Å². The lowest BCUT2D eigenvalue weighted by atomic mass is 10.2. The SMILES string of the molecule is NCCN(CCc1ccncc1)C1CC1. The van der Waals surface area contributed by atoms with Crippen molar-refractivity contribution < 1.29 is 0 Å². The summed E-state index contributed by atoms with van der Waals surface area (Å²) in [7, 11) is 0. The highest BCUT2D eigenvalue weighted by Gasteiger charge is 2.27. The van der Waals surface area contributed by atoms with Gasteiger partial charge in [0.05, 0.1) is 0 Å². The van der Waals surface area contributed by atoms with E-state index in [9.17, 15) is 0 Å². The van der Waals surface area contributed by atoms with Crippen LogP contribution in [0, 0.1) is 0 Å². The first kappa shape index (κ1) is 10.6. The summed E-state index contributed by atoms with van der Waals surface area (Å²) in [5, 5.41) is 0. The van der Waals surface area contributed by atoms with Gasteiger partial charge in [0.25, 0.3) is 0 Å². The van der Waals surface area contributed by atoms with E-state index >= 15 is 0 Å². The summed E-state index contributed by atoms with van der Waals surface area (Å²) < 4.78 is 0. The van der Waals surface area contributed by atoms with E-state index in [-0.39, 0.29) is 0 Å². The number of nitrogens with two attached hydrogens (primary N) is 1. The molecule has 0 atom stereocenters. The van der Waals surface area contributed by atoms with E-state index in [4.69, 9.17) is 5.73 Å². The van der Waals surface area contributed by atoms with Gasteiger partial charge in [0, 0.05) is 38.1 Å². The topological polar surface area (TPSA) is 42.1 Å². The Labute approximate surface area is 91.3 Å². The molecule has 0 bridgehead atoms. The fraction of sp³-hybridized carbons (Fsp3) is 0.583. The molecule has 1 fully saturated rings. The van der Waals surface area contributed by atoms with Gasteiger partial charge in [-0.1, -0.05) is 0 Å². The molecule has 1 aliphatic carbocycles. The number of rotatable bonds is 6. The molecule has 2 N–H and O–H groups in total. The lowest BCUT2D eigenvalue weighted by molar-refractivity contribution is 0.274. The van der Waals surface area contributed by atoms with E-state index in [1.807, 2.05) is 12.4 Å². The van der Waals surface area contributed by atoms with Crippen LogP contribution in [0.15, 0.2) is 24.5 Å². The predicted octanol–water partition coefficient (Wildman–Crippen LogP) is 1.05. The molecule has 15 heavy (non-hydrogen) atoms. The van der Waals surface area contributed by atoms with Crippen molar-refractivity contribution in [3.8, 4) is 0 Å². The second-order valence-corrected chi connectivity index (χ2v) is 4.16. The highest BCUT2D eigenvalue weighted by molar-refractivity contribution is 5.10. The average Bonchev–Trinajstić information content (AvgIpc) is 3.09. The van der Waals surface area contributed by atoms with Gasteiger partial charge >= 0.3 is 0 Å². The Morgan fingerprint density at radius 3 is 2.60 bits per heavy atom. The Morgan fingerprint density at radius 1 is 1.27 bits per heavy atom. The summed E-state index contributed by atoms with van der Waals surface area (Å²) in [4.78, 5) is 6.54. The van der Waals surface area contributed by atoms with Gasteiger partial charge in [-0.25, -0.2) is 0 Å². The molecule has 1 aliphatic rings. The summed E-state index contributed by atoms with van der Waals surface area (Å²) >= 11 is 0. The lowest BCUT2D eigenvalue weighted by Gasteiger charge is -2.20. The summed E-state index contributed by atoms with van der Waals surface area (Å²) in [6.07, 6.45) is 7.55. The molecule has 0 aromatic carbocycles. The first-order valence-electron chi connectivity index (χ1n) is 5.73. The minimum atomic E-state index is 0.771. The molecule has 1 aromatic rings. The van der Waals surface area contributed by atoms with Crippen LogP contribution in [-0.4, -0.2) is 35.6 Å². The quantitative estimate of drug-likeness (QED) is 0.754. The second kappa shape index (κ2) is 5.24. The van der Waals surface area contributed by atoms with Crippen molar-refractivity contribution in [1.82, 2.24) is 9.88 Å². The van der Waals surface area contributed by atoms with E-state index in [0.29, 0.717) is 0 Å². The Morgan fingerprint density at radius 2 is 2.00 bits per heavy atom. The molecule has 0 spiro atoms. The third-order valence-electron chi connectivity index (χ3n) is 2.92. The summed E-state index contributed by atoms with van der Waals surface area (Å²) in [6, 6.07) is 5.00. The molecule has 0 radical (unpaired) electrons. The van der Waals surface area contributed by atoms with E-state index < -0.39 is 0 Å². The number of nitrogens with zero attached hydrogens (tertiary/aromatic N) is 2. The first-order chi connectivity index (χ1) is 7.40. The smallest absolute Gasteiger partial charge is 0.0270 e. The van der Waals surface area contributed by atoms with Crippen molar-refractivity contribution in [1.29, 1.82) is 0 Å². The maximum atomic E-state index is 5.61. The van der Waals surface area contributed by atoms with Gasteiger partial charge in [-0.3, -0.25) is 9.88 Å². The van der Waals surface area contributed by atoms with Crippen LogP contribution < -0.4 is 5.73 Å². The second-order valence-electron chi connectivity index (χ2n) is 4.16. The normalized spacial score (nSPS) is 15.9. The molecule has 3 nitrogen and oxygen atoms in total. The molecular formula is C12H19N3. The molecule has 1 heterocycles. The van der Waals surface area contributed by atoms with E-state index in [2.05, 4.69) is 22.0 Å².